The zero-order valence-corrected chi connectivity index (χ0v) is 27.4. The summed E-state index contributed by atoms with van der Waals surface area (Å²) in [6.07, 6.45) is -0.553. The highest BCUT2D eigenvalue weighted by atomic mass is 32.2. The van der Waals surface area contributed by atoms with Crippen LogP contribution < -0.4 is 4.31 Å². The van der Waals surface area contributed by atoms with E-state index in [0.717, 1.165) is 10.6 Å². The van der Waals surface area contributed by atoms with Crippen molar-refractivity contribution in [2.24, 2.45) is 0 Å². The molecule has 48 heavy (non-hydrogen) atoms. The van der Waals surface area contributed by atoms with E-state index in [0.29, 0.717) is 16.8 Å². The molecule has 0 saturated carbocycles. The molecule has 0 spiro atoms. The minimum Gasteiger partial charge on any atom is -0.466 e. The molecule has 2 aromatic rings. The second kappa shape index (κ2) is 18.7. The first-order valence-electron chi connectivity index (χ1n) is 14.5. The third-order valence-corrected chi connectivity index (χ3v) is 7.57. The number of anilines is 1. The van der Waals surface area contributed by atoms with E-state index in [4.69, 9.17) is 9.47 Å². The van der Waals surface area contributed by atoms with Gasteiger partial charge in [0.15, 0.2) is 6.10 Å². The van der Waals surface area contributed by atoms with E-state index < -0.39 is 69.9 Å². The summed E-state index contributed by atoms with van der Waals surface area (Å²) in [6.45, 7) is 2.36. The van der Waals surface area contributed by atoms with Gasteiger partial charge in [-0.3, -0.25) is 4.79 Å². The maximum atomic E-state index is 13.7. The number of benzene rings is 1. The van der Waals surface area contributed by atoms with Crippen LogP contribution in [-0.2, 0) is 34.0 Å². The molecule has 3 atom stereocenters. The maximum absolute atomic E-state index is 13.7. The van der Waals surface area contributed by atoms with Crippen molar-refractivity contribution < 1.29 is 57.1 Å². The number of sulfonamides is 1. The molecule has 1 unspecified atom stereocenters. The van der Waals surface area contributed by atoms with E-state index in [1.165, 1.54) is 43.5 Å². The quantitative estimate of drug-likeness (QED) is 0.0818. The zero-order chi connectivity index (χ0) is 36.0. The van der Waals surface area contributed by atoms with Crippen LogP contribution in [0.25, 0.3) is 17.3 Å². The molecule has 0 saturated heterocycles. The largest absolute Gasteiger partial charge is 0.466 e. The molecule has 0 amide bonds. The van der Waals surface area contributed by atoms with Gasteiger partial charge in [-0.25, -0.2) is 27.1 Å². The fraction of sp³-hybridized carbons (Fsp3) is 0.536. The minimum absolute atomic E-state index is 0.0388. The smallest absolute Gasteiger partial charge is 0.308 e. The van der Waals surface area contributed by atoms with E-state index in [-0.39, 0.29) is 43.6 Å². The summed E-state index contributed by atoms with van der Waals surface area (Å²) < 4.78 is 49.2. The van der Waals surface area contributed by atoms with Gasteiger partial charge in [0.05, 0.1) is 49.5 Å². The second-order valence-electron chi connectivity index (χ2n) is 10.7. The van der Waals surface area contributed by atoms with Gasteiger partial charge in [-0.15, -0.1) is 20.2 Å². The first-order chi connectivity index (χ1) is 22.5. The van der Waals surface area contributed by atoms with Gasteiger partial charge >= 0.3 is 5.97 Å². The molecule has 20 heteroatoms. The third-order valence-electron chi connectivity index (χ3n) is 6.41. The van der Waals surface area contributed by atoms with Gasteiger partial charge in [0.2, 0.25) is 16.0 Å². The predicted molar refractivity (Wildman–Crippen MR) is 166 cm³/mol. The number of carbonyl (C=O) groups excluding carboxylic acids is 1. The number of ether oxygens (including phenoxy) is 2. The SMILES string of the molecule is CC(C)c1nc(N(C)S(C)(=O)=O)nc(-c2ccc(F)cc2)c1/C=C/[C@@H](O)C[C@@H](O)CC(=O)OCCCOCC(CO[N+](=O)[O-])O[N+](=O)[O-]. The van der Waals surface area contributed by atoms with Crippen LogP contribution >= 0.6 is 0 Å². The van der Waals surface area contributed by atoms with Crippen LogP contribution in [0.1, 0.15) is 50.3 Å². The predicted octanol–water partition coefficient (Wildman–Crippen LogP) is 2.05. The molecule has 0 bridgehead atoms. The average molecular weight is 704 g/mol. The lowest BCUT2D eigenvalue weighted by Gasteiger charge is -2.20. The highest BCUT2D eigenvalue weighted by Crippen LogP contribution is 2.31. The number of halogens is 1. The molecule has 0 aliphatic rings. The van der Waals surface area contributed by atoms with Crippen molar-refractivity contribution in [3.63, 3.8) is 0 Å². The lowest BCUT2D eigenvalue weighted by molar-refractivity contribution is -0.790. The van der Waals surface area contributed by atoms with E-state index >= 15 is 0 Å². The van der Waals surface area contributed by atoms with Crippen LogP contribution in [0.5, 0.6) is 0 Å². The Labute approximate surface area is 275 Å². The molecule has 1 aromatic carbocycles. The number of aliphatic hydroxyl groups is 2. The van der Waals surface area contributed by atoms with Crippen molar-refractivity contribution >= 4 is 28.0 Å². The second-order valence-corrected chi connectivity index (χ2v) is 12.7. The Hall–Kier alpha value is -4.53. The molecule has 0 fully saturated rings. The number of rotatable bonds is 21. The molecule has 2 rings (SSSR count). The van der Waals surface area contributed by atoms with Crippen molar-refractivity contribution in [2.75, 3.05) is 44.0 Å². The van der Waals surface area contributed by atoms with Crippen LogP contribution in [0, 0.1) is 26.0 Å². The lowest BCUT2D eigenvalue weighted by Crippen LogP contribution is -2.29. The van der Waals surface area contributed by atoms with Crippen molar-refractivity contribution in [2.45, 2.75) is 57.3 Å². The third kappa shape index (κ3) is 13.7. The number of esters is 1. The average Bonchev–Trinajstić information content (AvgIpc) is 2.99. The van der Waals surface area contributed by atoms with E-state index in [1.807, 2.05) is 13.8 Å². The molecule has 2 N–H and O–H groups in total. The summed E-state index contributed by atoms with van der Waals surface area (Å²) in [4.78, 5) is 50.0. The zero-order valence-electron chi connectivity index (χ0n) is 26.6. The summed E-state index contributed by atoms with van der Waals surface area (Å²) in [7, 11) is -2.42. The number of carbonyl (C=O) groups is 1. The van der Waals surface area contributed by atoms with Crippen LogP contribution in [0.2, 0.25) is 0 Å². The Morgan fingerprint density at radius 3 is 2.33 bits per heavy atom. The van der Waals surface area contributed by atoms with Crippen LogP contribution in [0.4, 0.5) is 10.3 Å². The van der Waals surface area contributed by atoms with Gasteiger partial charge in [-0.05, 0) is 30.2 Å². The van der Waals surface area contributed by atoms with Crippen LogP contribution in [0.3, 0.4) is 0 Å². The number of hydrogen-bond acceptors (Lipinski definition) is 15. The molecule has 18 nitrogen and oxygen atoms in total. The van der Waals surface area contributed by atoms with Crippen LogP contribution in [0.15, 0.2) is 30.3 Å². The molecule has 0 aliphatic heterocycles. The Bertz CT molecular complexity index is 1530. The summed E-state index contributed by atoms with van der Waals surface area (Å²) in [5, 5.41) is 39.4. The number of nitrogens with zero attached hydrogens (tertiary/aromatic N) is 5. The summed E-state index contributed by atoms with van der Waals surface area (Å²) in [6, 6.07) is 5.38. The topological polar surface area (TPSA) is 244 Å². The minimum atomic E-state index is -3.72. The maximum Gasteiger partial charge on any atom is 0.308 e. The molecule has 0 aliphatic carbocycles. The summed E-state index contributed by atoms with van der Waals surface area (Å²) >= 11 is 0. The normalized spacial score (nSPS) is 13.6. The Morgan fingerprint density at radius 2 is 1.75 bits per heavy atom. The Balaban J connectivity index is 2.01. The lowest BCUT2D eigenvalue weighted by atomic mass is 9.97. The summed E-state index contributed by atoms with van der Waals surface area (Å²) in [5.74, 6) is -1.60. The first kappa shape index (κ1) is 39.6. The van der Waals surface area contributed by atoms with E-state index in [1.54, 1.807) is 0 Å². The van der Waals surface area contributed by atoms with Gasteiger partial charge in [0.1, 0.15) is 12.4 Å². The van der Waals surface area contributed by atoms with Crippen molar-refractivity contribution in [3.8, 4) is 11.3 Å². The monoisotopic (exact) mass is 703 g/mol. The highest BCUT2D eigenvalue weighted by molar-refractivity contribution is 7.92. The Kier molecular flexibility index (Phi) is 15.5. The van der Waals surface area contributed by atoms with Crippen molar-refractivity contribution in [3.05, 3.63) is 67.6 Å². The summed E-state index contributed by atoms with van der Waals surface area (Å²) in [5.41, 5.74) is 1.61. The van der Waals surface area contributed by atoms with Gasteiger partial charge in [0.25, 0.3) is 10.2 Å². The van der Waals surface area contributed by atoms with Crippen molar-refractivity contribution in [1.29, 1.82) is 0 Å². The fourth-order valence-electron chi connectivity index (χ4n) is 4.03. The van der Waals surface area contributed by atoms with Gasteiger partial charge in [-0.2, -0.15) is 0 Å². The van der Waals surface area contributed by atoms with Crippen LogP contribution in [-0.4, -0.2) is 103 Å². The molecular weight excluding hydrogens is 665 g/mol. The van der Waals surface area contributed by atoms with E-state index in [9.17, 15) is 48.0 Å². The van der Waals surface area contributed by atoms with E-state index in [2.05, 4.69) is 19.6 Å². The number of aromatic nitrogens is 2. The first-order valence-corrected chi connectivity index (χ1v) is 16.3. The molecule has 1 aromatic heterocycles. The van der Waals surface area contributed by atoms with Gasteiger partial charge in [-0.1, -0.05) is 26.0 Å². The molecule has 1 heterocycles. The van der Waals surface area contributed by atoms with Gasteiger partial charge in [0, 0.05) is 37.6 Å². The Morgan fingerprint density at radius 1 is 1.08 bits per heavy atom. The standard InChI is InChI=1S/C28H38FN5O13S/c1-18(2)26-24(27(19-6-8-20(29)9-7-19)31-28(30-26)32(3)48(4,42)43)11-10-21(35)14-22(36)15-25(37)45-13-5-12-44-16-23(47-34(40)41)17-46-33(38)39/h6-11,18,21-23,35-36H,5,12-17H2,1-4H3/b11-10+/t21-,22-,23?/m1/s1. The molecular formula is C28H38FN5O13S. The van der Waals surface area contributed by atoms with Gasteiger partial charge < -0.3 is 29.4 Å². The number of aliphatic hydroxyl groups excluding tert-OH is 2. The highest BCUT2D eigenvalue weighted by Gasteiger charge is 2.23. The van der Waals surface area contributed by atoms with Crippen molar-refractivity contribution in [1.82, 2.24) is 9.97 Å². The molecule has 0 radical (unpaired) electrons. The molecule has 266 valence electrons. The fourth-order valence-corrected chi connectivity index (χ4v) is 4.41. The number of hydrogen-bond donors (Lipinski definition) is 2.